The number of nitrogens with two attached hydrogens (primary N) is 2. The third-order valence-electron chi connectivity index (χ3n) is 2.36. The molecule has 0 spiro atoms. The summed E-state index contributed by atoms with van der Waals surface area (Å²) >= 11 is 0. The van der Waals surface area contributed by atoms with Gasteiger partial charge in [0.15, 0.2) is 5.96 Å². The zero-order chi connectivity index (χ0) is 12.2. The highest BCUT2D eigenvalue weighted by Crippen LogP contribution is 2.22. The van der Waals surface area contributed by atoms with E-state index in [1.54, 1.807) is 0 Å². The molecular formula is C13H21N3. The van der Waals surface area contributed by atoms with E-state index in [4.69, 9.17) is 11.5 Å². The molecule has 0 aliphatic rings. The summed E-state index contributed by atoms with van der Waals surface area (Å²) in [6.07, 6.45) is 2.26. The molecule has 0 aromatic heterocycles. The summed E-state index contributed by atoms with van der Waals surface area (Å²) < 4.78 is 0. The lowest BCUT2D eigenvalue weighted by molar-refractivity contribution is 0.378. The zero-order valence-corrected chi connectivity index (χ0v) is 10.3. The van der Waals surface area contributed by atoms with Gasteiger partial charge in [-0.15, -0.1) is 0 Å². The molecule has 0 bridgehead atoms. The van der Waals surface area contributed by atoms with Crippen molar-refractivity contribution in [1.29, 1.82) is 0 Å². The summed E-state index contributed by atoms with van der Waals surface area (Å²) in [5.74, 6) is 0.0995. The van der Waals surface area contributed by atoms with E-state index in [0.29, 0.717) is 5.41 Å². The first kappa shape index (κ1) is 12.6. The van der Waals surface area contributed by atoms with Crippen LogP contribution >= 0.6 is 0 Å². The molecule has 0 heterocycles. The predicted octanol–water partition coefficient (Wildman–Crippen LogP) is 2.57. The molecule has 0 atom stereocenters. The third-order valence-corrected chi connectivity index (χ3v) is 2.36. The molecule has 88 valence electrons. The topological polar surface area (TPSA) is 64.4 Å². The van der Waals surface area contributed by atoms with Crippen molar-refractivity contribution < 1.29 is 0 Å². The van der Waals surface area contributed by atoms with Crippen molar-refractivity contribution in [2.24, 2.45) is 21.9 Å². The lowest BCUT2D eigenvalue weighted by Crippen LogP contribution is -2.21. The molecule has 1 aromatic carbocycles. The quantitative estimate of drug-likeness (QED) is 0.606. The van der Waals surface area contributed by atoms with Crippen molar-refractivity contribution in [3.05, 3.63) is 29.8 Å². The predicted molar refractivity (Wildman–Crippen MR) is 69.7 cm³/mol. The van der Waals surface area contributed by atoms with E-state index in [2.05, 4.69) is 37.9 Å². The molecule has 0 saturated heterocycles. The fraction of sp³-hybridized carbons (Fsp3) is 0.462. The number of guanidine groups is 1. The zero-order valence-electron chi connectivity index (χ0n) is 10.3. The van der Waals surface area contributed by atoms with Gasteiger partial charge >= 0.3 is 0 Å². The second-order valence-corrected chi connectivity index (χ2v) is 5.26. The van der Waals surface area contributed by atoms with Crippen LogP contribution in [0.2, 0.25) is 0 Å². The van der Waals surface area contributed by atoms with Crippen molar-refractivity contribution in [2.45, 2.75) is 33.6 Å². The van der Waals surface area contributed by atoms with Crippen LogP contribution in [0.5, 0.6) is 0 Å². The summed E-state index contributed by atoms with van der Waals surface area (Å²) in [6, 6.07) is 8.04. The first-order valence-electron chi connectivity index (χ1n) is 5.55. The largest absolute Gasteiger partial charge is 0.370 e. The van der Waals surface area contributed by atoms with Crippen LogP contribution in [0.1, 0.15) is 32.8 Å². The fourth-order valence-corrected chi connectivity index (χ4v) is 1.41. The van der Waals surface area contributed by atoms with Gasteiger partial charge in [-0.3, -0.25) is 0 Å². The molecule has 0 radical (unpaired) electrons. The monoisotopic (exact) mass is 219 g/mol. The number of benzene rings is 1. The molecule has 0 fully saturated rings. The fourth-order valence-electron chi connectivity index (χ4n) is 1.41. The number of hydrogen-bond acceptors (Lipinski definition) is 1. The summed E-state index contributed by atoms with van der Waals surface area (Å²) in [4.78, 5) is 3.98. The van der Waals surface area contributed by atoms with Gasteiger partial charge in [0.25, 0.3) is 0 Å². The van der Waals surface area contributed by atoms with E-state index < -0.39 is 0 Å². The highest BCUT2D eigenvalue weighted by Gasteiger charge is 2.09. The first-order valence-corrected chi connectivity index (χ1v) is 5.55. The molecule has 1 aromatic rings. The number of nitrogens with zero attached hydrogens (tertiary/aromatic N) is 1. The van der Waals surface area contributed by atoms with Gasteiger partial charge < -0.3 is 11.5 Å². The van der Waals surface area contributed by atoms with Crippen molar-refractivity contribution in [3.8, 4) is 0 Å². The Labute approximate surface area is 97.6 Å². The molecule has 4 N–H and O–H groups in total. The van der Waals surface area contributed by atoms with Crippen LogP contribution in [0, 0.1) is 5.41 Å². The highest BCUT2D eigenvalue weighted by molar-refractivity contribution is 5.78. The van der Waals surface area contributed by atoms with E-state index in [1.165, 1.54) is 12.0 Å². The van der Waals surface area contributed by atoms with Crippen LogP contribution in [-0.2, 0) is 6.42 Å². The Kier molecular flexibility index (Phi) is 3.93. The molecule has 0 aliphatic heterocycles. The molecule has 16 heavy (non-hydrogen) atoms. The summed E-state index contributed by atoms with van der Waals surface area (Å²) in [5, 5.41) is 0. The third kappa shape index (κ3) is 4.82. The van der Waals surface area contributed by atoms with Crippen molar-refractivity contribution in [1.82, 2.24) is 0 Å². The normalized spacial score (nSPS) is 11.2. The molecule has 0 saturated carbocycles. The van der Waals surface area contributed by atoms with Crippen LogP contribution in [0.4, 0.5) is 5.69 Å². The van der Waals surface area contributed by atoms with Crippen molar-refractivity contribution in [2.75, 3.05) is 0 Å². The van der Waals surface area contributed by atoms with Gasteiger partial charge in [0, 0.05) is 0 Å². The molecule has 1 rings (SSSR count). The second kappa shape index (κ2) is 5.01. The van der Waals surface area contributed by atoms with Crippen LogP contribution in [0.3, 0.4) is 0 Å². The maximum absolute atomic E-state index is 5.31. The first-order chi connectivity index (χ1) is 7.37. The molecule has 3 nitrogen and oxygen atoms in total. The Morgan fingerprint density at radius 2 is 1.69 bits per heavy atom. The van der Waals surface area contributed by atoms with Crippen LogP contribution < -0.4 is 11.5 Å². The van der Waals surface area contributed by atoms with Gasteiger partial charge in [-0.05, 0) is 36.0 Å². The minimum Gasteiger partial charge on any atom is -0.370 e. The van der Waals surface area contributed by atoms with Gasteiger partial charge in [-0.1, -0.05) is 32.9 Å². The highest BCUT2D eigenvalue weighted by atomic mass is 15.0. The minimum absolute atomic E-state index is 0.0995. The van der Waals surface area contributed by atoms with Gasteiger partial charge in [0.2, 0.25) is 0 Å². The minimum atomic E-state index is 0.0995. The average molecular weight is 219 g/mol. The summed E-state index contributed by atoms with van der Waals surface area (Å²) in [5.41, 5.74) is 13.1. The van der Waals surface area contributed by atoms with Gasteiger partial charge in [-0.25, -0.2) is 4.99 Å². The lowest BCUT2D eigenvalue weighted by Gasteiger charge is -2.17. The number of hydrogen-bond donors (Lipinski definition) is 2. The van der Waals surface area contributed by atoms with Gasteiger partial charge in [-0.2, -0.15) is 0 Å². The molecule has 0 unspecified atom stereocenters. The van der Waals surface area contributed by atoms with E-state index in [1.807, 2.05) is 12.1 Å². The van der Waals surface area contributed by atoms with E-state index in [0.717, 1.165) is 12.1 Å². The van der Waals surface area contributed by atoms with E-state index >= 15 is 0 Å². The Balaban J connectivity index is 2.62. The second-order valence-electron chi connectivity index (χ2n) is 5.26. The van der Waals surface area contributed by atoms with Gasteiger partial charge in [0.1, 0.15) is 0 Å². The SMILES string of the molecule is CC(C)(C)CCc1ccc(N=C(N)N)cc1. The Hall–Kier alpha value is -1.51. The van der Waals surface area contributed by atoms with E-state index in [-0.39, 0.29) is 5.96 Å². The standard InChI is InChI=1S/C13H21N3/c1-13(2,3)9-8-10-4-6-11(7-5-10)16-12(14)15/h4-7H,8-9H2,1-3H3,(H4,14,15,16). The smallest absolute Gasteiger partial charge is 0.191 e. The van der Waals surface area contributed by atoms with Crippen LogP contribution in [0.25, 0.3) is 0 Å². The summed E-state index contributed by atoms with van der Waals surface area (Å²) in [6.45, 7) is 6.75. The lowest BCUT2D eigenvalue weighted by atomic mass is 9.89. The van der Waals surface area contributed by atoms with Crippen molar-refractivity contribution in [3.63, 3.8) is 0 Å². The maximum Gasteiger partial charge on any atom is 0.191 e. The molecular weight excluding hydrogens is 198 g/mol. The number of aryl methyl sites for hydroxylation is 1. The maximum atomic E-state index is 5.31. The number of aliphatic imine (C=N–C) groups is 1. The number of rotatable bonds is 3. The van der Waals surface area contributed by atoms with Crippen LogP contribution in [0.15, 0.2) is 29.3 Å². The average Bonchev–Trinajstić information content (AvgIpc) is 2.14. The van der Waals surface area contributed by atoms with Gasteiger partial charge in [0.05, 0.1) is 5.69 Å². The summed E-state index contributed by atoms with van der Waals surface area (Å²) in [7, 11) is 0. The molecule has 3 heteroatoms. The van der Waals surface area contributed by atoms with Crippen LogP contribution in [-0.4, -0.2) is 5.96 Å². The Bertz CT molecular complexity index is 354. The van der Waals surface area contributed by atoms with E-state index in [9.17, 15) is 0 Å². The van der Waals surface area contributed by atoms with Crippen molar-refractivity contribution >= 4 is 11.6 Å². The Morgan fingerprint density at radius 3 is 2.12 bits per heavy atom. The molecule has 0 amide bonds. The molecule has 0 aliphatic carbocycles. The Morgan fingerprint density at radius 1 is 1.12 bits per heavy atom.